The first-order chi connectivity index (χ1) is 11.2. The summed E-state index contributed by atoms with van der Waals surface area (Å²) in [6.45, 7) is 7.37. The SMILES string of the molecule is CCCCN(C)C(=O)C(C)(C)C(=O)Nc1ccc(NC(C)=O)cc1. The zero-order valence-corrected chi connectivity index (χ0v) is 15.1. The van der Waals surface area contributed by atoms with Crippen LogP contribution in [0.1, 0.15) is 40.5 Å². The Kier molecular flexibility index (Phi) is 6.95. The first-order valence-electron chi connectivity index (χ1n) is 8.13. The first kappa shape index (κ1) is 19.7. The van der Waals surface area contributed by atoms with Gasteiger partial charge in [-0.15, -0.1) is 0 Å². The molecule has 0 aliphatic heterocycles. The van der Waals surface area contributed by atoms with Crippen LogP contribution in [0.15, 0.2) is 24.3 Å². The van der Waals surface area contributed by atoms with Gasteiger partial charge in [-0.05, 0) is 44.5 Å². The molecule has 0 saturated carbocycles. The Bertz CT molecular complexity index is 594. The van der Waals surface area contributed by atoms with Crippen LogP contribution in [0.3, 0.4) is 0 Å². The van der Waals surface area contributed by atoms with Crippen molar-refractivity contribution < 1.29 is 14.4 Å². The summed E-state index contributed by atoms with van der Waals surface area (Å²) < 4.78 is 0. The summed E-state index contributed by atoms with van der Waals surface area (Å²) in [4.78, 5) is 37.6. The minimum Gasteiger partial charge on any atom is -0.345 e. The molecule has 0 aromatic heterocycles. The number of amides is 3. The summed E-state index contributed by atoms with van der Waals surface area (Å²) in [5.74, 6) is -0.722. The second-order valence-electron chi connectivity index (χ2n) is 6.42. The highest BCUT2D eigenvalue weighted by atomic mass is 16.2. The van der Waals surface area contributed by atoms with Crippen LogP contribution < -0.4 is 10.6 Å². The van der Waals surface area contributed by atoms with E-state index in [1.807, 2.05) is 0 Å². The zero-order valence-electron chi connectivity index (χ0n) is 15.1. The van der Waals surface area contributed by atoms with E-state index in [1.165, 1.54) is 6.92 Å². The zero-order chi connectivity index (χ0) is 18.3. The van der Waals surface area contributed by atoms with Crippen LogP contribution in [-0.2, 0) is 14.4 Å². The Morgan fingerprint density at radius 1 is 1.04 bits per heavy atom. The van der Waals surface area contributed by atoms with Crippen molar-refractivity contribution in [2.45, 2.75) is 40.5 Å². The summed E-state index contributed by atoms with van der Waals surface area (Å²) in [7, 11) is 1.72. The molecule has 0 atom stereocenters. The molecule has 2 N–H and O–H groups in total. The van der Waals surface area contributed by atoms with Gasteiger partial charge in [0.1, 0.15) is 5.41 Å². The third kappa shape index (κ3) is 5.37. The Morgan fingerprint density at radius 2 is 1.54 bits per heavy atom. The van der Waals surface area contributed by atoms with E-state index in [0.29, 0.717) is 17.9 Å². The van der Waals surface area contributed by atoms with Crippen LogP contribution in [-0.4, -0.2) is 36.2 Å². The number of anilines is 2. The molecule has 1 aromatic rings. The summed E-state index contributed by atoms with van der Waals surface area (Å²) in [6.07, 6.45) is 1.90. The maximum Gasteiger partial charge on any atom is 0.239 e. The van der Waals surface area contributed by atoms with E-state index >= 15 is 0 Å². The van der Waals surface area contributed by atoms with Gasteiger partial charge in [-0.25, -0.2) is 0 Å². The number of hydrogen-bond donors (Lipinski definition) is 2. The van der Waals surface area contributed by atoms with Crippen molar-refractivity contribution in [1.82, 2.24) is 4.90 Å². The Balaban J connectivity index is 2.74. The number of nitrogens with zero attached hydrogens (tertiary/aromatic N) is 1. The maximum absolute atomic E-state index is 12.5. The van der Waals surface area contributed by atoms with E-state index in [-0.39, 0.29) is 17.7 Å². The van der Waals surface area contributed by atoms with Crippen LogP contribution >= 0.6 is 0 Å². The maximum atomic E-state index is 12.5. The summed E-state index contributed by atoms with van der Waals surface area (Å²) >= 11 is 0. The average molecular weight is 333 g/mol. The molecule has 0 radical (unpaired) electrons. The molecule has 0 saturated heterocycles. The molecule has 0 aliphatic rings. The molecule has 3 amide bonds. The largest absolute Gasteiger partial charge is 0.345 e. The van der Waals surface area contributed by atoms with Gasteiger partial charge < -0.3 is 15.5 Å². The van der Waals surface area contributed by atoms with E-state index < -0.39 is 5.41 Å². The van der Waals surface area contributed by atoms with E-state index in [9.17, 15) is 14.4 Å². The molecule has 0 spiro atoms. The van der Waals surface area contributed by atoms with Gasteiger partial charge in [0.05, 0.1) is 0 Å². The summed E-state index contributed by atoms with van der Waals surface area (Å²) in [6, 6.07) is 6.76. The lowest BCUT2D eigenvalue weighted by Crippen LogP contribution is -2.46. The van der Waals surface area contributed by atoms with Crippen LogP contribution in [0.4, 0.5) is 11.4 Å². The molecule has 1 aromatic carbocycles. The topological polar surface area (TPSA) is 78.5 Å². The van der Waals surface area contributed by atoms with Gasteiger partial charge in [-0.2, -0.15) is 0 Å². The van der Waals surface area contributed by atoms with Crippen LogP contribution in [0.5, 0.6) is 0 Å². The van der Waals surface area contributed by atoms with Gasteiger partial charge >= 0.3 is 0 Å². The number of benzene rings is 1. The Morgan fingerprint density at radius 3 is 2.00 bits per heavy atom. The van der Waals surface area contributed by atoms with Gasteiger partial charge in [-0.1, -0.05) is 13.3 Å². The summed E-state index contributed by atoms with van der Waals surface area (Å²) in [5, 5.41) is 5.41. The second kappa shape index (κ2) is 8.47. The molecule has 0 aliphatic carbocycles. The van der Waals surface area contributed by atoms with Crippen molar-refractivity contribution in [3.63, 3.8) is 0 Å². The smallest absolute Gasteiger partial charge is 0.239 e. The minimum atomic E-state index is -1.15. The predicted molar refractivity (Wildman–Crippen MR) is 95.7 cm³/mol. The molecule has 132 valence electrons. The molecule has 0 heterocycles. The Labute approximate surface area is 143 Å². The number of nitrogens with one attached hydrogen (secondary N) is 2. The van der Waals surface area contributed by atoms with Crippen molar-refractivity contribution in [2.24, 2.45) is 5.41 Å². The normalized spacial score (nSPS) is 10.9. The molecule has 0 bridgehead atoms. The van der Waals surface area contributed by atoms with Gasteiger partial charge in [-0.3, -0.25) is 14.4 Å². The van der Waals surface area contributed by atoms with Gasteiger partial charge in [0.25, 0.3) is 0 Å². The number of carbonyl (C=O) groups is 3. The molecule has 0 fully saturated rings. The fourth-order valence-electron chi connectivity index (χ4n) is 2.20. The highest BCUT2D eigenvalue weighted by Crippen LogP contribution is 2.22. The van der Waals surface area contributed by atoms with E-state index in [2.05, 4.69) is 17.6 Å². The molecular formula is C18H27N3O3. The molecule has 0 unspecified atom stereocenters. The highest BCUT2D eigenvalue weighted by Gasteiger charge is 2.38. The number of rotatable bonds is 7. The van der Waals surface area contributed by atoms with Crippen molar-refractivity contribution in [3.8, 4) is 0 Å². The molecule has 24 heavy (non-hydrogen) atoms. The van der Waals surface area contributed by atoms with Gasteiger partial charge in [0, 0.05) is 31.9 Å². The lowest BCUT2D eigenvalue weighted by Gasteiger charge is -2.28. The highest BCUT2D eigenvalue weighted by molar-refractivity contribution is 6.09. The summed E-state index contributed by atoms with van der Waals surface area (Å²) in [5.41, 5.74) is 0.0695. The van der Waals surface area contributed by atoms with Crippen LogP contribution in [0.2, 0.25) is 0 Å². The van der Waals surface area contributed by atoms with Crippen molar-refractivity contribution >= 4 is 29.1 Å². The fourth-order valence-corrected chi connectivity index (χ4v) is 2.20. The first-order valence-corrected chi connectivity index (χ1v) is 8.13. The third-order valence-corrected chi connectivity index (χ3v) is 3.76. The van der Waals surface area contributed by atoms with Crippen LogP contribution in [0, 0.1) is 5.41 Å². The quantitative estimate of drug-likeness (QED) is 0.753. The molecule has 6 nitrogen and oxygen atoms in total. The molecule has 1 rings (SSSR count). The second-order valence-corrected chi connectivity index (χ2v) is 6.42. The number of hydrogen-bond acceptors (Lipinski definition) is 3. The minimum absolute atomic E-state index is 0.159. The average Bonchev–Trinajstić information content (AvgIpc) is 2.53. The fraction of sp³-hybridized carbons (Fsp3) is 0.500. The van der Waals surface area contributed by atoms with E-state index in [0.717, 1.165) is 12.8 Å². The van der Waals surface area contributed by atoms with Gasteiger partial charge in [0.15, 0.2) is 0 Å². The molecular weight excluding hydrogens is 306 g/mol. The molecule has 6 heteroatoms. The van der Waals surface area contributed by atoms with Crippen molar-refractivity contribution in [3.05, 3.63) is 24.3 Å². The monoisotopic (exact) mass is 333 g/mol. The Hall–Kier alpha value is -2.37. The number of unbranched alkanes of at least 4 members (excludes halogenated alkanes) is 1. The predicted octanol–water partition coefficient (Wildman–Crippen LogP) is 2.87. The van der Waals surface area contributed by atoms with Crippen LogP contribution in [0.25, 0.3) is 0 Å². The van der Waals surface area contributed by atoms with Crippen molar-refractivity contribution in [1.29, 1.82) is 0 Å². The standard InChI is InChI=1S/C18H27N3O3/c1-6-7-12-21(5)17(24)18(3,4)16(23)20-15-10-8-14(9-11-15)19-13(2)22/h8-11H,6-7,12H2,1-5H3,(H,19,22)(H,20,23). The van der Waals surface area contributed by atoms with E-state index in [1.54, 1.807) is 50.1 Å². The number of carbonyl (C=O) groups excluding carboxylic acids is 3. The van der Waals surface area contributed by atoms with Gasteiger partial charge in [0.2, 0.25) is 17.7 Å². The lowest BCUT2D eigenvalue weighted by atomic mass is 9.90. The van der Waals surface area contributed by atoms with Crippen molar-refractivity contribution in [2.75, 3.05) is 24.2 Å². The third-order valence-electron chi connectivity index (χ3n) is 3.76. The lowest BCUT2D eigenvalue weighted by molar-refractivity contribution is -0.145. The van der Waals surface area contributed by atoms with E-state index in [4.69, 9.17) is 0 Å².